The summed E-state index contributed by atoms with van der Waals surface area (Å²) in [5, 5.41) is 12.5. The molecule has 2 aliphatic carbocycles. The van der Waals surface area contributed by atoms with Crippen LogP contribution in [0.25, 0.3) is 33.6 Å². The molecule has 2 unspecified atom stereocenters. The van der Waals surface area contributed by atoms with E-state index in [1.807, 2.05) is 18.3 Å². The number of aromatic amines is 2. The molecule has 2 amide bonds. The second-order valence-corrected chi connectivity index (χ2v) is 13.5. The molecule has 4 N–H and O–H groups in total. The number of benzene rings is 2. The summed E-state index contributed by atoms with van der Waals surface area (Å²) in [6.07, 6.45) is 7.02. The molecule has 2 aromatic carbocycles. The first kappa shape index (κ1) is 32.6. The Hall–Kier alpha value is -4.97. The maximum Gasteiger partial charge on any atom is 0.407 e. The lowest BCUT2D eigenvalue weighted by Crippen LogP contribution is -2.54. The molecule has 4 aromatic rings. The van der Waals surface area contributed by atoms with Crippen molar-refractivity contribution >= 4 is 18.0 Å². The van der Waals surface area contributed by atoms with Gasteiger partial charge in [0.25, 0.3) is 0 Å². The largest absolute Gasteiger partial charge is 0.481 e. The van der Waals surface area contributed by atoms with Crippen LogP contribution in [-0.4, -0.2) is 80.8 Å². The van der Waals surface area contributed by atoms with E-state index in [-0.39, 0.29) is 29.7 Å². The number of ether oxygens (including phenoxy) is 2. The number of rotatable bonds is 10. The molecular formula is C37H42N6O6. The quantitative estimate of drug-likeness (QED) is 0.166. The molecule has 3 aliphatic rings. The van der Waals surface area contributed by atoms with Gasteiger partial charge in [0, 0.05) is 19.6 Å². The Bertz CT molecular complexity index is 1820. The minimum Gasteiger partial charge on any atom is -0.481 e. The number of carboxylic acid groups (broad SMARTS) is 1. The van der Waals surface area contributed by atoms with E-state index < -0.39 is 24.2 Å². The normalized spacial score (nSPS) is 24.1. The van der Waals surface area contributed by atoms with E-state index in [2.05, 4.69) is 61.7 Å². The second-order valence-electron chi connectivity index (χ2n) is 13.5. The summed E-state index contributed by atoms with van der Waals surface area (Å²) in [4.78, 5) is 55.4. The average molecular weight is 667 g/mol. The molecule has 256 valence electrons. The minimum atomic E-state index is -0.885. The number of fused-ring (bicyclic) bond motifs is 2. The third-order valence-corrected chi connectivity index (χ3v) is 10.9. The number of nitrogens with one attached hydrogen (secondary N) is 3. The van der Waals surface area contributed by atoms with Gasteiger partial charge in [0.05, 0.1) is 49.0 Å². The molecule has 1 saturated heterocycles. The van der Waals surface area contributed by atoms with Crippen molar-refractivity contribution in [3.63, 3.8) is 0 Å². The van der Waals surface area contributed by atoms with Crippen molar-refractivity contribution in [1.29, 1.82) is 0 Å². The number of H-pyrrole nitrogens is 2. The Morgan fingerprint density at radius 2 is 1.43 bits per heavy atom. The van der Waals surface area contributed by atoms with Gasteiger partial charge in [0.15, 0.2) is 0 Å². The second kappa shape index (κ2) is 13.5. The Morgan fingerprint density at radius 3 is 2.02 bits per heavy atom. The fraction of sp³-hybridized carbons (Fsp3) is 0.432. The van der Waals surface area contributed by atoms with Gasteiger partial charge >= 0.3 is 12.1 Å². The van der Waals surface area contributed by atoms with Crippen molar-refractivity contribution < 1.29 is 29.0 Å². The lowest BCUT2D eigenvalue weighted by atomic mass is 9.79. The molecule has 12 nitrogen and oxygen atoms in total. The van der Waals surface area contributed by atoms with Gasteiger partial charge < -0.3 is 34.8 Å². The zero-order valence-electron chi connectivity index (χ0n) is 27.9. The van der Waals surface area contributed by atoms with Crippen LogP contribution in [0.1, 0.15) is 62.6 Å². The number of hydrogen-bond donors (Lipinski definition) is 4. The van der Waals surface area contributed by atoms with Gasteiger partial charge in [-0.2, -0.15) is 0 Å². The third kappa shape index (κ3) is 6.21. The van der Waals surface area contributed by atoms with Gasteiger partial charge in [-0.1, -0.05) is 48.5 Å². The molecule has 3 heterocycles. The standard InChI is InChI=1S/C37H42N6O6/c1-20(48-2)32(42-37(47)49-3)35(44)43-16-4-5-29(43)33-38-18-27(40-33)23-10-6-21(7-11-23)22-8-12-24(13-9-22)28-19-39-34(41-28)30-25-14-15-26(17-25)31(30)36(45)46/h6-13,18-20,25-26,29-32H,4-5,14-17H2,1-3H3,(H,38,40)(H,39,41)(H,42,47)(H,45,46)/t20-,25?,26?,29+,30+,31+,32+/m1/s1. The zero-order chi connectivity index (χ0) is 34.2. The Morgan fingerprint density at radius 1 is 0.857 bits per heavy atom. The van der Waals surface area contributed by atoms with Crippen LogP contribution in [0.4, 0.5) is 4.79 Å². The first-order valence-electron chi connectivity index (χ1n) is 17.0. The number of amides is 2. The molecule has 2 saturated carbocycles. The molecule has 2 bridgehead atoms. The predicted octanol–water partition coefficient (Wildman–Crippen LogP) is 5.77. The smallest absolute Gasteiger partial charge is 0.407 e. The van der Waals surface area contributed by atoms with Crippen LogP contribution in [0.3, 0.4) is 0 Å². The molecular weight excluding hydrogens is 624 g/mol. The van der Waals surface area contributed by atoms with E-state index in [9.17, 15) is 19.5 Å². The third-order valence-electron chi connectivity index (χ3n) is 10.9. The number of aromatic nitrogens is 4. The highest BCUT2D eigenvalue weighted by Crippen LogP contribution is 2.56. The molecule has 12 heteroatoms. The highest BCUT2D eigenvalue weighted by molar-refractivity contribution is 5.87. The number of aliphatic carboxylic acids is 1. The predicted molar refractivity (Wildman–Crippen MR) is 181 cm³/mol. The number of methoxy groups -OCH3 is 2. The van der Waals surface area contributed by atoms with Crippen LogP contribution in [0, 0.1) is 17.8 Å². The number of alkyl carbamates (subject to hydrolysis) is 1. The molecule has 2 aromatic heterocycles. The van der Waals surface area contributed by atoms with Crippen LogP contribution in [0.2, 0.25) is 0 Å². The highest BCUT2D eigenvalue weighted by atomic mass is 16.5. The Labute approximate surface area is 284 Å². The summed E-state index contributed by atoms with van der Waals surface area (Å²) in [5.74, 6) is 0.812. The lowest BCUT2D eigenvalue weighted by molar-refractivity contribution is -0.144. The van der Waals surface area contributed by atoms with Crippen molar-refractivity contribution in [1.82, 2.24) is 30.2 Å². The van der Waals surface area contributed by atoms with Gasteiger partial charge in [-0.3, -0.25) is 9.59 Å². The van der Waals surface area contributed by atoms with Gasteiger partial charge in [0.2, 0.25) is 5.91 Å². The zero-order valence-corrected chi connectivity index (χ0v) is 27.9. The van der Waals surface area contributed by atoms with E-state index >= 15 is 0 Å². The van der Waals surface area contributed by atoms with Crippen LogP contribution in [-0.2, 0) is 19.1 Å². The van der Waals surface area contributed by atoms with E-state index in [1.54, 1.807) is 18.0 Å². The maximum atomic E-state index is 13.6. The van der Waals surface area contributed by atoms with Gasteiger partial charge in [-0.05, 0) is 73.1 Å². The molecule has 0 spiro atoms. The van der Waals surface area contributed by atoms with E-state index in [0.717, 1.165) is 71.6 Å². The number of likely N-dealkylation sites (tertiary alicyclic amines) is 1. The summed E-state index contributed by atoms with van der Waals surface area (Å²) >= 11 is 0. The first-order valence-corrected chi connectivity index (χ1v) is 17.0. The number of nitrogens with zero attached hydrogens (tertiary/aromatic N) is 3. The highest BCUT2D eigenvalue weighted by Gasteiger charge is 2.52. The van der Waals surface area contributed by atoms with Crippen LogP contribution < -0.4 is 5.32 Å². The van der Waals surface area contributed by atoms with Crippen molar-refractivity contribution in [2.75, 3.05) is 20.8 Å². The number of hydrogen-bond acceptors (Lipinski definition) is 7. The van der Waals surface area contributed by atoms with Crippen molar-refractivity contribution in [2.24, 2.45) is 17.8 Å². The average Bonchev–Trinajstić information content (AvgIpc) is 3.98. The summed E-state index contributed by atoms with van der Waals surface area (Å²) in [6.45, 7) is 2.29. The van der Waals surface area contributed by atoms with E-state index in [1.165, 1.54) is 14.2 Å². The fourth-order valence-electron chi connectivity index (χ4n) is 8.23. The summed E-state index contributed by atoms with van der Waals surface area (Å²) in [5.41, 5.74) is 5.85. The molecule has 1 aliphatic heterocycles. The minimum absolute atomic E-state index is 0.0410. The summed E-state index contributed by atoms with van der Waals surface area (Å²) < 4.78 is 10.1. The Balaban J connectivity index is 1.02. The summed E-state index contributed by atoms with van der Waals surface area (Å²) in [6, 6.07) is 15.4. The Kier molecular flexibility index (Phi) is 8.98. The molecule has 7 rings (SSSR count). The van der Waals surface area contributed by atoms with E-state index in [0.29, 0.717) is 18.3 Å². The number of carbonyl (C=O) groups excluding carboxylic acids is 2. The van der Waals surface area contributed by atoms with Crippen LogP contribution in [0.15, 0.2) is 60.9 Å². The molecule has 7 atom stereocenters. The van der Waals surface area contributed by atoms with Crippen molar-refractivity contribution in [3.8, 4) is 33.6 Å². The maximum absolute atomic E-state index is 13.6. The fourth-order valence-corrected chi connectivity index (χ4v) is 8.23. The lowest BCUT2D eigenvalue weighted by Gasteiger charge is -2.30. The SMILES string of the molecule is COC(=O)N[C@H](C(=O)N1CCC[C@H]1c1ncc(-c2ccc(-c3ccc(-c4cnc([C@H]5C6CCC(C6)[C@@H]5C(=O)O)[nH]4)cc3)cc2)[nH]1)[C@@H](C)OC. The molecule has 49 heavy (non-hydrogen) atoms. The first-order chi connectivity index (χ1) is 23.7. The number of carboxylic acids is 1. The van der Waals surface area contributed by atoms with Crippen molar-refractivity contribution in [2.45, 2.75) is 63.1 Å². The molecule has 3 fully saturated rings. The van der Waals surface area contributed by atoms with E-state index in [4.69, 9.17) is 9.47 Å². The number of carbonyl (C=O) groups is 3. The van der Waals surface area contributed by atoms with Gasteiger partial charge in [0.1, 0.15) is 17.7 Å². The topological polar surface area (TPSA) is 163 Å². The summed E-state index contributed by atoms with van der Waals surface area (Å²) in [7, 11) is 2.76. The molecule has 0 radical (unpaired) electrons. The van der Waals surface area contributed by atoms with Crippen LogP contribution >= 0.6 is 0 Å². The monoisotopic (exact) mass is 666 g/mol. The van der Waals surface area contributed by atoms with Gasteiger partial charge in [-0.25, -0.2) is 14.8 Å². The number of imidazole rings is 2. The van der Waals surface area contributed by atoms with Crippen molar-refractivity contribution in [3.05, 3.63) is 72.6 Å². The van der Waals surface area contributed by atoms with Crippen LogP contribution in [0.5, 0.6) is 0 Å². The van der Waals surface area contributed by atoms with Gasteiger partial charge in [-0.15, -0.1) is 0 Å².